The summed E-state index contributed by atoms with van der Waals surface area (Å²) in [5.74, 6) is -8.59. The molecule has 2 fully saturated rings. The number of ether oxygens (including phenoxy) is 2. The molecule has 2 aliphatic heterocycles. The third-order valence-electron chi connectivity index (χ3n) is 5.26. The monoisotopic (exact) mass is 397 g/mol. The number of aliphatic carboxylic acids is 2. The Morgan fingerprint density at radius 1 is 1.21 bits per heavy atom. The zero-order valence-corrected chi connectivity index (χ0v) is 15.5. The summed E-state index contributed by atoms with van der Waals surface area (Å²) in [6, 6.07) is 0. The van der Waals surface area contributed by atoms with E-state index in [4.69, 9.17) is 9.84 Å². The third-order valence-corrected chi connectivity index (χ3v) is 5.26. The second-order valence-electron chi connectivity index (χ2n) is 7.01. The quantitative estimate of drug-likeness (QED) is 0.305. The fourth-order valence-electron chi connectivity index (χ4n) is 3.69. The number of amides is 1. The van der Waals surface area contributed by atoms with Gasteiger partial charge in [0.25, 0.3) is 0 Å². The lowest BCUT2D eigenvalue weighted by atomic mass is 9.75. The van der Waals surface area contributed by atoms with Crippen LogP contribution in [0.5, 0.6) is 0 Å². The maximum absolute atomic E-state index is 12.6. The SMILES string of the molecule is C=C(CNC(=O)C1CC(C2C(=O)OC(=O)C2C)OC(CC)C1C(=O)O)C(=O)O. The van der Waals surface area contributed by atoms with E-state index in [2.05, 4.69) is 16.6 Å². The second kappa shape index (κ2) is 8.51. The lowest BCUT2D eigenvalue weighted by Crippen LogP contribution is -2.53. The molecule has 0 bridgehead atoms. The Morgan fingerprint density at radius 3 is 2.32 bits per heavy atom. The number of carbonyl (C=O) groups is 5. The summed E-state index contributed by atoms with van der Waals surface area (Å²) in [5, 5.41) is 20.8. The molecule has 0 aromatic rings. The van der Waals surface area contributed by atoms with Crippen molar-refractivity contribution in [3.8, 4) is 0 Å². The van der Waals surface area contributed by atoms with Crippen LogP contribution in [-0.4, -0.2) is 58.8 Å². The van der Waals surface area contributed by atoms with Gasteiger partial charge in [-0.25, -0.2) is 4.79 Å². The zero-order valence-electron chi connectivity index (χ0n) is 15.5. The highest BCUT2D eigenvalue weighted by Gasteiger charge is 2.53. The fourth-order valence-corrected chi connectivity index (χ4v) is 3.69. The van der Waals surface area contributed by atoms with Crippen molar-refractivity contribution in [3.63, 3.8) is 0 Å². The molecule has 0 saturated carbocycles. The van der Waals surface area contributed by atoms with Crippen LogP contribution in [0.2, 0.25) is 0 Å². The Labute approximate surface area is 160 Å². The number of cyclic esters (lactones) is 2. The van der Waals surface area contributed by atoms with Gasteiger partial charge in [-0.15, -0.1) is 0 Å². The van der Waals surface area contributed by atoms with Gasteiger partial charge in [0.05, 0.1) is 35.9 Å². The van der Waals surface area contributed by atoms with Crippen LogP contribution in [0.3, 0.4) is 0 Å². The third kappa shape index (κ3) is 4.22. The van der Waals surface area contributed by atoms with Gasteiger partial charge in [-0.3, -0.25) is 19.2 Å². The lowest BCUT2D eigenvalue weighted by molar-refractivity contribution is -0.179. The summed E-state index contributed by atoms with van der Waals surface area (Å²) in [4.78, 5) is 59.0. The van der Waals surface area contributed by atoms with E-state index in [0.717, 1.165) is 0 Å². The number of carboxylic acid groups (broad SMARTS) is 2. The van der Waals surface area contributed by atoms with Crippen LogP contribution in [-0.2, 0) is 33.4 Å². The van der Waals surface area contributed by atoms with E-state index in [1.807, 2.05) is 0 Å². The zero-order chi connectivity index (χ0) is 21.2. The van der Waals surface area contributed by atoms with E-state index < -0.39 is 65.7 Å². The van der Waals surface area contributed by atoms with E-state index in [9.17, 15) is 29.1 Å². The van der Waals surface area contributed by atoms with Gasteiger partial charge < -0.3 is 25.0 Å². The number of hydrogen-bond acceptors (Lipinski definition) is 7. The summed E-state index contributed by atoms with van der Waals surface area (Å²) in [7, 11) is 0. The fraction of sp³-hybridized carbons (Fsp3) is 0.611. The van der Waals surface area contributed by atoms with Gasteiger partial charge in [0.1, 0.15) is 0 Å². The molecular formula is C18H23NO9. The van der Waals surface area contributed by atoms with Crippen molar-refractivity contribution in [3.05, 3.63) is 12.2 Å². The maximum atomic E-state index is 12.6. The molecule has 2 rings (SSSR count). The highest BCUT2D eigenvalue weighted by molar-refractivity contribution is 5.96. The molecule has 2 aliphatic rings. The van der Waals surface area contributed by atoms with Gasteiger partial charge in [0, 0.05) is 12.1 Å². The van der Waals surface area contributed by atoms with E-state index in [1.54, 1.807) is 6.92 Å². The van der Waals surface area contributed by atoms with Crippen LogP contribution in [0.1, 0.15) is 26.7 Å². The van der Waals surface area contributed by atoms with E-state index >= 15 is 0 Å². The summed E-state index contributed by atoms with van der Waals surface area (Å²) in [6.07, 6.45) is -1.57. The Bertz CT molecular complexity index is 716. The summed E-state index contributed by atoms with van der Waals surface area (Å²) in [6.45, 7) is 6.16. The van der Waals surface area contributed by atoms with Crippen LogP contribution in [0.4, 0.5) is 0 Å². The molecule has 2 saturated heterocycles. The molecule has 154 valence electrons. The predicted octanol–water partition coefficient (Wildman–Crippen LogP) is -0.0364. The van der Waals surface area contributed by atoms with Crippen molar-refractivity contribution in [1.82, 2.24) is 5.32 Å². The maximum Gasteiger partial charge on any atom is 0.332 e. The summed E-state index contributed by atoms with van der Waals surface area (Å²) in [5.41, 5.74) is -0.255. The minimum atomic E-state index is -1.28. The Balaban J connectivity index is 2.25. The van der Waals surface area contributed by atoms with Crippen LogP contribution >= 0.6 is 0 Å². The van der Waals surface area contributed by atoms with Crippen molar-refractivity contribution >= 4 is 29.8 Å². The normalized spacial score (nSPS) is 32.5. The summed E-state index contributed by atoms with van der Waals surface area (Å²) < 4.78 is 10.4. The smallest absolute Gasteiger partial charge is 0.332 e. The first-order valence-corrected chi connectivity index (χ1v) is 8.91. The summed E-state index contributed by atoms with van der Waals surface area (Å²) >= 11 is 0. The lowest BCUT2D eigenvalue weighted by Gasteiger charge is -2.40. The Morgan fingerprint density at radius 2 is 1.86 bits per heavy atom. The molecule has 6 atom stereocenters. The largest absolute Gasteiger partial charge is 0.481 e. The van der Waals surface area contributed by atoms with Gasteiger partial charge in [0.2, 0.25) is 5.91 Å². The molecule has 0 aliphatic carbocycles. The topological polar surface area (TPSA) is 156 Å². The highest BCUT2D eigenvalue weighted by Crippen LogP contribution is 2.40. The standard InChI is InChI=1S/C18H23NO9/c1-4-10-13(16(23)24)9(14(20)19-6-7(2)15(21)22)5-11(27-10)12-8(3)17(25)28-18(12)26/h8-13H,2,4-6H2,1,3H3,(H,19,20)(H,21,22)(H,23,24). The first-order valence-electron chi connectivity index (χ1n) is 8.91. The van der Waals surface area contributed by atoms with Gasteiger partial charge in [-0.05, 0) is 12.8 Å². The number of esters is 2. The molecule has 1 amide bonds. The number of carboxylic acids is 2. The van der Waals surface area contributed by atoms with Crippen molar-refractivity contribution in [2.45, 2.75) is 38.9 Å². The van der Waals surface area contributed by atoms with E-state index in [-0.39, 0.29) is 25.0 Å². The van der Waals surface area contributed by atoms with E-state index in [1.165, 1.54) is 6.92 Å². The Kier molecular flexibility index (Phi) is 6.55. The average Bonchev–Trinajstić information content (AvgIpc) is 2.89. The van der Waals surface area contributed by atoms with Crippen molar-refractivity contribution in [1.29, 1.82) is 0 Å². The molecule has 3 N–H and O–H groups in total. The van der Waals surface area contributed by atoms with Gasteiger partial charge >= 0.3 is 23.9 Å². The van der Waals surface area contributed by atoms with Crippen molar-refractivity contribution < 1.29 is 43.7 Å². The van der Waals surface area contributed by atoms with Crippen LogP contribution < -0.4 is 5.32 Å². The van der Waals surface area contributed by atoms with E-state index in [0.29, 0.717) is 0 Å². The molecule has 0 aromatic heterocycles. The molecule has 10 heteroatoms. The molecule has 0 aromatic carbocycles. The molecule has 0 spiro atoms. The highest BCUT2D eigenvalue weighted by atomic mass is 16.6. The number of rotatable bonds is 7. The first kappa shape index (κ1) is 21.5. The predicted molar refractivity (Wildman–Crippen MR) is 91.7 cm³/mol. The number of carbonyl (C=O) groups excluding carboxylic acids is 3. The molecular weight excluding hydrogens is 374 g/mol. The van der Waals surface area contributed by atoms with Crippen LogP contribution in [0.15, 0.2) is 12.2 Å². The molecule has 10 nitrogen and oxygen atoms in total. The first-order chi connectivity index (χ1) is 13.1. The number of nitrogens with one attached hydrogen (secondary N) is 1. The van der Waals surface area contributed by atoms with Crippen molar-refractivity contribution in [2.24, 2.45) is 23.7 Å². The van der Waals surface area contributed by atoms with Crippen LogP contribution in [0, 0.1) is 23.7 Å². The van der Waals surface area contributed by atoms with Crippen molar-refractivity contribution in [2.75, 3.05) is 6.54 Å². The number of hydrogen-bond donors (Lipinski definition) is 3. The minimum Gasteiger partial charge on any atom is -0.481 e. The second-order valence-corrected chi connectivity index (χ2v) is 7.01. The molecule has 0 radical (unpaired) electrons. The molecule has 28 heavy (non-hydrogen) atoms. The van der Waals surface area contributed by atoms with Crippen LogP contribution in [0.25, 0.3) is 0 Å². The Hall–Kier alpha value is -2.75. The molecule has 2 heterocycles. The average molecular weight is 397 g/mol. The van der Waals surface area contributed by atoms with Gasteiger partial charge in [-0.1, -0.05) is 20.4 Å². The van der Waals surface area contributed by atoms with Gasteiger partial charge in [-0.2, -0.15) is 0 Å². The minimum absolute atomic E-state index is 0.115. The van der Waals surface area contributed by atoms with Gasteiger partial charge in [0.15, 0.2) is 0 Å². The molecule has 6 unspecified atom stereocenters.